The zero-order chi connectivity index (χ0) is 12.8. The van der Waals surface area contributed by atoms with Crippen molar-refractivity contribution in [3.63, 3.8) is 0 Å². The topological polar surface area (TPSA) is 101 Å². The molecule has 7 heteroatoms. The van der Waals surface area contributed by atoms with Crippen molar-refractivity contribution in [2.24, 2.45) is 0 Å². The van der Waals surface area contributed by atoms with E-state index in [-0.39, 0.29) is 17.7 Å². The molecule has 94 valence electrons. The first kappa shape index (κ1) is 13.0. The number of hydrogen-bond donors (Lipinski definition) is 2. The van der Waals surface area contributed by atoms with Gasteiger partial charge in [0.05, 0.1) is 7.11 Å². The van der Waals surface area contributed by atoms with Crippen LogP contribution in [0.25, 0.3) is 0 Å². The van der Waals surface area contributed by atoms with Crippen molar-refractivity contribution in [1.82, 2.24) is 15.1 Å². The zero-order valence-corrected chi connectivity index (χ0v) is 9.90. The lowest BCUT2D eigenvalue weighted by atomic mass is 10.3. The van der Waals surface area contributed by atoms with E-state index in [9.17, 15) is 9.59 Å². The Balaban J connectivity index is 2.40. The summed E-state index contributed by atoms with van der Waals surface area (Å²) in [5, 5.41) is 6.21. The maximum Gasteiger partial charge on any atom is 0.305 e. The molecule has 0 atom stereocenters. The smallest absolute Gasteiger partial charge is 0.305 e. The van der Waals surface area contributed by atoms with Crippen LogP contribution in [0.2, 0.25) is 0 Å². The monoisotopic (exact) mass is 240 g/mol. The van der Waals surface area contributed by atoms with Crippen molar-refractivity contribution in [3.8, 4) is 0 Å². The largest absolute Gasteiger partial charge is 0.469 e. The van der Waals surface area contributed by atoms with Gasteiger partial charge in [0.2, 0.25) is 0 Å². The molecular formula is C10H16N4O3. The number of aromatic amines is 1. The van der Waals surface area contributed by atoms with E-state index in [4.69, 9.17) is 5.73 Å². The lowest BCUT2D eigenvalue weighted by Crippen LogP contribution is -2.28. The molecule has 0 aromatic carbocycles. The fourth-order valence-corrected chi connectivity index (χ4v) is 1.32. The number of nitrogen functional groups attached to an aromatic ring is 1. The lowest BCUT2D eigenvalue weighted by molar-refractivity contribution is -0.140. The lowest BCUT2D eigenvalue weighted by Gasteiger charge is -2.15. The number of carbonyl (C=O) groups excluding carboxylic acids is 2. The van der Waals surface area contributed by atoms with Crippen molar-refractivity contribution >= 4 is 17.7 Å². The van der Waals surface area contributed by atoms with Crippen molar-refractivity contribution in [2.45, 2.75) is 12.8 Å². The van der Waals surface area contributed by atoms with E-state index in [0.717, 1.165) is 0 Å². The summed E-state index contributed by atoms with van der Waals surface area (Å²) in [6.07, 6.45) is 0.845. The number of rotatable bonds is 5. The number of aromatic nitrogens is 2. The van der Waals surface area contributed by atoms with Gasteiger partial charge >= 0.3 is 5.97 Å². The Bertz CT molecular complexity index is 402. The van der Waals surface area contributed by atoms with Gasteiger partial charge in [0, 0.05) is 26.1 Å². The van der Waals surface area contributed by atoms with Crippen molar-refractivity contribution < 1.29 is 14.3 Å². The Morgan fingerprint density at radius 2 is 2.29 bits per heavy atom. The van der Waals surface area contributed by atoms with Gasteiger partial charge in [-0.15, -0.1) is 0 Å². The van der Waals surface area contributed by atoms with E-state index in [1.807, 2.05) is 0 Å². The van der Waals surface area contributed by atoms with Gasteiger partial charge in [-0.05, 0) is 6.42 Å². The van der Waals surface area contributed by atoms with Crippen molar-refractivity contribution in [2.75, 3.05) is 26.4 Å². The highest BCUT2D eigenvalue weighted by Gasteiger charge is 2.14. The second kappa shape index (κ2) is 5.88. The maximum atomic E-state index is 11.8. The van der Waals surface area contributed by atoms with E-state index in [1.165, 1.54) is 18.1 Å². The minimum atomic E-state index is -0.281. The Hall–Kier alpha value is -2.05. The number of H-pyrrole nitrogens is 1. The molecule has 0 unspecified atom stereocenters. The molecule has 0 bridgehead atoms. The molecule has 0 radical (unpaired) electrons. The molecule has 1 aromatic heterocycles. The van der Waals surface area contributed by atoms with Gasteiger partial charge in [0.15, 0.2) is 0 Å². The molecule has 7 nitrogen and oxygen atoms in total. The summed E-state index contributed by atoms with van der Waals surface area (Å²) in [6, 6.07) is 1.47. The molecule has 1 rings (SSSR count). The van der Waals surface area contributed by atoms with Crippen LogP contribution >= 0.6 is 0 Å². The molecule has 3 N–H and O–H groups in total. The molecule has 1 aromatic rings. The Morgan fingerprint density at radius 1 is 1.59 bits per heavy atom. The second-order valence-electron chi connectivity index (χ2n) is 3.61. The first-order valence-corrected chi connectivity index (χ1v) is 5.17. The van der Waals surface area contributed by atoms with Gasteiger partial charge in [0.1, 0.15) is 11.5 Å². The van der Waals surface area contributed by atoms with E-state index < -0.39 is 0 Å². The van der Waals surface area contributed by atoms with Crippen LogP contribution in [0.5, 0.6) is 0 Å². The van der Waals surface area contributed by atoms with Gasteiger partial charge in [-0.25, -0.2) is 0 Å². The highest BCUT2D eigenvalue weighted by Crippen LogP contribution is 2.05. The molecule has 0 spiro atoms. The van der Waals surface area contributed by atoms with Gasteiger partial charge in [0.25, 0.3) is 5.91 Å². The van der Waals surface area contributed by atoms with Crippen molar-refractivity contribution in [1.29, 1.82) is 0 Å². The number of esters is 1. The maximum absolute atomic E-state index is 11.8. The quantitative estimate of drug-likeness (QED) is 0.706. The molecule has 0 saturated carbocycles. The highest BCUT2D eigenvalue weighted by atomic mass is 16.5. The number of nitrogens with one attached hydrogen (secondary N) is 1. The number of nitrogens with two attached hydrogens (primary N) is 1. The molecule has 1 heterocycles. The number of carbonyl (C=O) groups is 2. The fraction of sp³-hybridized carbons (Fsp3) is 0.500. The average Bonchev–Trinajstić information content (AvgIpc) is 2.74. The van der Waals surface area contributed by atoms with Crippen LogP contribution < -0.4 is 5.73 Å². The summed E-state index contributed by atoms with van der Waals surface area (Å²) < 4.78 is 4.51. The van der Waals surface area contributed by atoms with Crippen LogP contribution in [0.1, 0.15) is 23.3 Å². The second-order valence-corrected chi connectivity index (χ2v) is 3.61. The molecule has 17 heavy (non-hydrogen) atoms. The molecule has 0 saturated heterocycles. The third-order valence-corrected chi connectivity index (χ3v) is 2.28. The Kier molecular flexibility index (Phi) is 4.50. The summed E-state index contributed by atoms with van der Waals surface area (Å²) >= 11 is 0. The van der Waals surface area contributed by atoms with Crippen LogP contribution in [0.4, 0.5) is 5.82 Å². The molecule has 0 aliphatic carbocycles. The zero-order valence-electron chi connectivity index (χ0n) is 9.90. The van der Waals surface area contributed by atoms with Gasteiger partial charge < -0.3 is 15.4 Å². The van der Waals surface area contributed by atoms with E-state index in [0.29, 0.717) is 25.1 Å². The summed E-state index contributed by atoms with van der Waals surface area (Å²) in [5.74, 6) is -0.216. The average molecular weight is 240 g/mol. The minimum Gasteiger partial charge on any atom is -0.469 e. The van der Waals surface area contributed by atoms with Gasteiger partial charge in [-0.3, -0.25) is 14.7 Å². The highest BCUT2D eigenvalue weighted by molar-refractivity contribution is 5.92. The molecule has 0 aliphatic rings. The van der Waals surface area contributed by atoms with Crippen molar-refractivity contribution in [3.05, 3.63) is 11.8 Å². The number of ether oxygens (including phenoxy) is 1. The van der Waals surface area contributed by atoms with E-state index >= 15 is 0 Å². The van der Waals surface area contributed by atoms with Crippen LogP contribution in [0.15, 0.2) is 6.07 Å². The summed E-state index contributed by atoms with van der Waals surface area (Å²) in [7, 11) is 2.99. The molecular weight excluding hydrogens is 224 g/mol. The predicted octanol–water partition coefficient (Wildman–Crippen LogP) is 0.0171. The third-order valence-electron chi connectivity index (χ3n) is 2.28. The standard InChI is InChI=1S/C10H16N4O3/c1-14(5-3-4-9(15)17-2)10(16)7-6-8(11)13-12-7/h6H,3-5H2,1-2H3,(H3,11,12,13). The number of hydrogen-bond acceptors (Lipinski definition) is 5. The normalized spacial score (nSPS) is 10.0. The first-order chi connectivity index (χ1) is 8.04. The Labute approximate surface area is 98.9 Å². The number of amides is 1. The van der Waals surface area contributed by atoms with E-state index in [1.54, 1.807) is 7.05 Å². The SMILES string of the molecule is COC(=O)CCCN(C)C(=O)c1cc(N)n[nH]1. The molecule has 0 aliphatic heterocycles. The number of nitrogens with zero attached hydrogens (tertiary/aromatic N) is 2. The molecule has 0 fully saturated rings. The van der Waals surface area contributed by atoms with Gasteiger partial charge in [-0.1, -0.05) is 0 Å². The number of anilines is 1. The van der Waals surface area contributed by atoms with E-state index in [2.05, 4.69) is 14.9 Å². The third kappa shape index (κ3) is 3.78. The summed E-state index contributed by atoms with van der Waals surface area (Å²) in [6.45, 7) is 0.465. The summed E-state index contributed by atoms with van der Waals surface area (Å²) in [5.41, 5.74) is 5.74. The van der Waals surface area contributed by atoms with Crippen LogP contribution in [0, 0.1) is 0 Å². The first-order valence-electron chi connectivity index (χ1n) is 5.17. The van der Waals surface area contributed by atoms with Crippen LogP contribution in [-0.4, -0.2) is 47.7 Å². The molecule has 1 amide bonds. The van der Waals surface area contributed by atoms with Gasteiger partial charge in [-0.2, -0.15) is 5.10 Å². The van der Waals surface area contributed by atoms with Crippen LogP contribution in [-0.2, 0) is 9.53 Å². The van der Waals surface area contributed by atoms with Crippen LogP contribution in [0.3, 0.4) is 0 Å². The summed E-state index contributed by atoms with van der Waals surface area (Å²) in [4.78, 5) is 24.2. The Morgan fingerprint density at radius 3 is 2.82 bits per heavy atom. The fourth-order valence-electron chi connectivity index (χ4n) is 1.32. The number of methoxy groups -OCH3 is 1. The predicted molar refractivity (Wildman–Crippen MR) is 61.2 cm³/mol. The minimum absolute atomic E-state index is 0.209.